The van der Waals surface area contributed by atoms with Crippen molar-refractivity contribution in [1.29, 1.82) is 0 Å². The monoisotopic (exact) mass is 389 g/mol. The Bertz CT molecular complexity index is 843. The van der Waals surface area contributed by atoms with Crippen molar-refractivity contribution in [2.45, 2.75) is 32.7 Å². The highest BCUT2D eigenvalue weighted by Crippen LogP contribution is 2.37. The van der Waals surface area contributed by atoms with E-state index < -0.39 is 5.97 Å². The summed E-state index contributed by atoms with van der Waals surface area (Å²) in [6, 6.07) is 9.24. The van der Waals surface area contributed by atoms with E-state index in [9.17, 15) is 9.59 Å². The molecule has 6 nitrogen and oxygen atoms in total. The smallest absolute Gasteiger partial charge is 0.348 e. The molecule has 144 valence electrons. The molecule has 1 aromatic heterocycles. The predicted molar refractivity (Wildman–Crippen MR) is 104 cm³/mol. The molecule has 3 rings (SSSR count). The van der Waals surface area contributed by atoms with E-state index in [4.69, 9.17) is 14.2 Å². The summed E-state index contributed by atoms with van der Waals surface area (Å²) in [4.78, 5) is 25.5. The van der Waals surface area contributed by atoms with Crippen LogP contribution < -0.4 is 14.8 Å². The Balaban J connectivity index is 1.62. The summed E-state index contributed by atoms with van der Waals surface area (Å²) in [6.07, 6.45) is 0.788. The average molecular weight is 389 g/mol. The van der Waals surface area contributed by atoms with Gasteiger partial charge in [0.25, 0.3) is 5.91 Å². The van der Waals surface area contributed by atoms with E-state index in [2.05, 4.69) is 5.32 Å². The van der Waals surface area contributed by atoms with Crippen molar-refractivity contribution in [2.75, 3.05) is 19.8 Å². The number of thiophene rings is 1. The first kappa shape index (κ1) is 19.2. The highest BCUT2D eigenvalue weighted by molar-refractivity contribution is 7.17. The number of benzene rings is 1. The molecule has 0 saturated heterocycles. The molecular formula is C20H23NO5S. The van der Waals surface area contributed by atoms with E-state index in [1.165, 1.54) is 11.3 Å². The molecule has 7 heteroatoms. The molecule has 0 bridgehead atoms. The van der Waals surface area contributed by atoms with Crippen LogP contribution in [-0.4, -0.2) is 37.2 Å². The Labute approximate surface area is 162 Å². The van der Waals surface area contributed by atoms with Gasteiger partial charge in [0.05, 0.1) is 0 Å². The summed E-state index contributed by atoms with van der Waals surface area (Å²) in [6.45, 7) is 6.60. The second-order valence-corrected chi connectivity index (χ2v) is 7.97. The molecule has 0 unspecified atom stereocenters. The van der Waals surface area contributed by atoms with Gasteiger partial charge in [0, 0.05) is 10.4 Å². The van der Waals surface area contributed by atoms with Gasteiger partial charge in [-0.25, -0.2) is 4.79 Å². The molecule has 27 heavy (non-hydrogen) atoms. The lowest BCUT2D eigenvalue weighted by atomic mass is 10.0. The SMILES string of the molecule is CCC(C)(C)NC(=O)COC(=O)c1ccc(-c2ccc3c(c2)OCCO3)s1. The Morgan fingerprint density at radius 1 is 1.15 bits per heavy atom. The van der Waals surface area contributed by atoms with Crippen LogP contribution in [0.1, 0.15) is 36.9 Å². The van der Waals surface area contributed by atoms with Gasteiger partial charge in [0.2, 0.25) is 0 Å². The summed E-state index contributed by atoms with van der Waals surface area (Å²) >= 11 is 1.31. The van der Waals surface area contributed by atoms with E-state index in [1.54, 1.807) is 6.07 Å². The maximum Gasteiger partial charge on any atom is 0.348 e. The van der Waals surface area contributed by atoms with Crippen LogP contribution in [0.25, 0.3) is 10.4 Å². The van der Waals surface area contributed by atoms with E-state index in [0.717, 1.165) is 22.6 Å². The number of rotatable bonds is 6. The molecule has 0 spiro atoms. The van der Waals surface area contributed by atoms with E-state index >= 15 is 0 Å². The standard InChI is InChI=1S/C20H23NO5S/c1-4-20(2,3)21-18(22)12-26-19(23)17-8-7-16(27-17)13-5-6-14-15(11-13)25-10-9-24-14/h5-8,11H,4,9-10,12H2,1-3H3,(H,21,22). The summed E-state index contributed by atoms with van der Waals surface area (Å²) in [5.41, 5.74) is 0.614. The van der Waals surface area contributed by atoms with Gasteiger partial charge in [-0.05, 0) is 56.2 Å². The number of ether oxygens (including phenoxy) is 3. The second-order valence-electron chi connectivity index (χ2n) is 6.88. The van der Waals surface area contributed by atoms with Gasteiger partial charge >= 0.3 is 5.97 Å². The van der Waals surface area contributed by atoms with Crippen LogP contribution in [-0.2, 0) is 9.53 Å². The first-order valence-electron chi connectivity index (χ1n) is 8.86. The summed E-state index contributed by atoms with van der Waals surface area (Å²) in [5.74, 6) is 0.612. The number of hydrogen-bond donors (Lipinski definition) is 1. The van der Waals surface area contributed by atoms with E-state index in [0.29, 0.717) is 23.8 Å². The number of hydrogen-bond acceptors (Lipinski definition) is 6. The molecule has 0 saturated carbocycles. The molecule has 1 aromatic carbocycles. The Kier molecular flexibility index (Phi) is 5.70. The van der Waals surface area contributed by atoms with Gasteiger partial charge in [-0.3, -0.25) is 4.79 Å². The average Bonchev–Trinajstić information content (AvgIpc) is 3.15. The van der Waals surface area contributed by atoms with Crippen molar-refractivity contribution in [3.63, 3.8) is 0 Å². The molecular weight excluding hydrogens is 366 g/mol. The molecule has 1 N–H and O–H groups in total. The quantitative estimate of drug-likeness (QED) is 0.764. The lowest BCUT2D eigenvalue weighted by Crippen LogP contribution is -2.44. The second kappa shape index (κ2) is 8.00. The van der Waals surface area contributed by atoms with Crippen LogP contribution in [0, 0.1) is 0 Å². The van der Waals surface area contributed by atoms with Crippen molar-refractivity contribution in [2.24, 2.45) is 0 Å². The Morgan fingerprint density at radius 2 is 1.89 bits per heavy atom. The van der Waals surface area contributed by atoms with E-state index in [-0.39, 0.29) is 18.1 Å². The molecule has 1 amide bonds. The van der Waals surface area contributed by atoms with Crippen molar-refractivity contribution < 1.29 is 23.8 Å². The number of carbonyl (C=O) groups is 2. The summed E-state index contributed by atoms with van der Waals surface area (Å²) in [7, 11) is 0. The number of amides is 1. The highest BCUT2D eigenvalue weighted by atomic mass is 32.1. The van der Waals surface area contributed by atoms with Gasteiger partial charge in [-0.2, -0.15) is 0 Å². The third-order valence-electron chi connectivity index (χ3n) is 4.33. The van der Waals surface area contributed by atoms with Crippen molar-refractivity contribution in [3.8, 4) is 21.9 Å². The number of esters is 1. The lowest BCUT2D eigenvalue weighted by molar-refractivity contribution is -0.125. The molecule has 2 heterocycles. The highest BCUT2D eigenvalue weighted by Gasteiger charge is 2.20. The van der Waals surface area contributed by atoms with Crippen LogP contribution in [0.3, 0.4) is 0 Å². The van der Waals surface area contributed by atoms with Gasteiger partial charge in [0.1, 0.15) is 18.1 Å². The molecule has 0 atom stereocenters. The van der Waals surface area contributed by atoms with Crippen LogP contribution in [0.15, 0.2) is 30.3 Å². The molecule has 0 radical (unpaired) electrons. The zero-order chi connectivity index (χ0) is 19.4. The fraction of sp³-hybridized carbons (Fsp3) is 0.400. The molecule has 0 fully saturated rings. The zero-order valence-electron chi connectivity index (χ0n) is 15.7. The fourth-order valence-electron chi connectivity index (χ4n) is 2.50. The zero-order valence-corrected chi connectivity index (χ0v) is 16.5. The Morgan fingerprint density at radius 3 is 2.63 bits per heavy atom. The predicted octanol–water partition coefficient (Wildman–Crippen LogP) is 3.65. The lowest BCUT2D eigenvalue weighted by Gasteiger charge is -2.24. The minimum Gasteiger partial charge on any atom is -0.486 e. The molecule has 1 aliphatic rings. The van der Waals surface area contributed by atoms with Gasteiger partial charge < -0.3 is 19.5 Å². The maximum atomic E-state index is 12.2. The third-order valence-corrected chi connectivity index (χ3v) is 5.44. The van der Waals surface area contributed by atoms with Crippen LogP contribution in [0.2, 0.25) is 0 Å². The fourth-order valence-corrected chi connectivity index (χ4v) is 3.40. The van der Waals surface area contributed by atoms with Crippen LogP contribution in [0.4, 0.5) is 0 Å². The van der Waals surface area contributed by atoms with E-state index in [1.807, 2.05) is 45.0 Å². The first-order valence-corrected chi connectivity index (χ1v) is 9.67. The van der Waals surface area contributed by atoms with Gasteiger partial charge in [0.15, 0.2) is 18.1 Å². The van der Waals surface area contributed by atoms with Crippen molar-refractivity contribution in [1.82, 2.24) is 5.32 Å². The number of nitrogens with one attached hydrogen (secondary N) is 1. The summed E-state index contributed by atoms with van der Waals surface area (Å²) in [5, 5.41) is 2.83. The number of carbonyl (C=O) groups excluding carboxylic acids is 2. The normalized spacial score (nSPS) is 13.1. The maximum absolute atomic E-state index is 12.2. The largest absolute Gasteiger partial charge is 0.486 e. The molecule has 2 aromatic rings. The topological polar surface area (TPSA) is 73.9 Å². The molecule has 0 aliphatic carbocycles. The van der Waals surface area contributed by atoms with Gasteiger partial charge in [-0.1, -0.05) is 6.92 Å². The van der Waals surface area contributed by atoms with Crippen molar-refractivity contribution in [3.05, 3.63) is 35.2 Å². The Hall–Kier alpha value is -2.54. The molecule has 1 aliphatic heterocycles. The minimum atomic E-state index is -0.506. The van der Waals surface area contributed by atoms with Crippen LogP contribution in [0.5, 0.6) is 11.5 Å². The van der Waals surface area contributed by atoms with Crippen LogP contribution >= 0.6 is 11.3 Å². The minimum absolute atomic E-state index is 0.292. The number of fused-ring (bicyclic) bond motifs is 1. The third kappa shape index (κ3) is 4.80. The van der Waals surface area contributed by atoms with Gasteiger partial charge in [-0.15, -0.1) is 11.3 Å². The summed E-state index contributed by atoms with van der Waals surface area (Å²) < 4.78 is 16.3. The van der Waals surface area contributed by atoms with Crippen molar-refractivity contribution >= 4 is 23.2 Å². The first-order chi connectivity index (χ1) is 12.9.